The van der Waals surface area contributed by atoms with Gasteiger partial charge in [0.1, 0.15) is 11.6 Å². The van der Waals surface area contributed by atoms with Gasteiger partial charge in [0.15, 0.2) is 0 Å². The van der Waals surface area contributed by atoms with Gasteiger partial charge in [-0.15, -0.1) is 0 Å². The van der Waals surface area contributed by atoms with E-state index in [9.17, 15) is 15.2 Å². The molecular formula is C19H20ClN3O2. The third-order valence-corrected chi connectivity index (χ3v) is 4.30. The lowest BCUT2D eigenvalue weighted by Gasteiger charge is -2.15. The molecule has 2 aromatic rings. The Hall–Kier alpha value is -2.58. The summed E-state index contributed by atoms with van der Waals surface area (Å²) in [5.41, 5.74) is 1.86. The molecular weight excluding hydrogens is 338 g/mol. The summed E-state index contributed by atoms with van der Waals surface area (Å²) in [6.45, 7) is 7.70. The summed E-state index contributed by atoms with van der Waals surface area (Å²) in [7, 11) is 0. The van der Waals surface area contributed by atoms with Gasteiger partial charge < -0.3 is 5.11 Å². The minimum atomic E-state index is -0.485. The molecule has 0 unspecified atom stereocenters. The quantitative estimate of drug-likeness (QED) is 0.836. The number of aliphatic imine (C=N–C) groups is 1. The molecule has 0 saturated carbocycles. The van der Waals surface area contributed by atoms with Gasteiger partial charge in [0.05, 0.1) is 11.3 Å². The van der Waals surface area contributed by atoms with E-state index in [0.29, 0.717) is 28.4 Å². The van der Waals surface area contributed by atoms with E-state index in [2.05, 4.69) is 4.99 Å². The Morgan fingerprint density at radius 2 is 2.08 bits per heavy atom. The van der Waals surface area contributed by atoms with Crippen LogP contribution < -0.4 is 5.56 Å². The first-order chi connectivity index (χ1) is 11.8. The van der Waals surface area contributed by atoms with Crippen molar-refractivity contribution in [2.45, 2.75) is 34.2 Å². The Bertz CT molecular complexity index is 937. The Balaban J connectivity index is 2.60. The minimum absolute atomic E-state index is 0.0156. The predicted octanol–water partition coefficient (Wildman–Crippen LogP) is 4.10. The molecule has 0 atom stereocenters. The highest BCUT2D eigenvalue weighted by atomic mass is 35.5. The van der Waals surface area contributed by atoms with E-state index < -0.39 is 5.56 Å². The molecule has 1 aromatic carbocycles. The van der Waals surface area contributed by atoms with Gasteiger partial charge in [0, 0.05) is 17.8 Å². The summed E-state index contributed by atoms with van der Waals surface area (Å²) in [5.74, 6) is -0.0456. The summed E-state index contributed by atoms with van der Waals surface area (Å²) in [6, 6.07) is 7.30. The molecule has 0 amide bonds. The van der Waals surface area contributed by atoms with Crippen LogP contribution in [0.25, 0.3) is 0 Å². The topological polar surface area (TPSA) is 78.4 Å². The summed E-state index contributed by atoms with van der Waals surface area (Å²) in [4.78, 5) is 16.7. The highest BCUT2D eigenvalue weighted by Gasteiger charge is 2.18. The molecule has 6 heteroatoms. The van der Waals surface area contributed by atoms with Crippen LogP contribution in [0.15, 0.2) is 28.0 Å². The zero-order chi connectivity index (χ0) is 18.7. The lowest BCUT2D eigenvalue weighted by Crippen LogP contribution is -2.27. The number of halogens is 1. The van der Waals surface area contributed by atoms with Crippen LogP contribution in [0.3, 0.4) is 0 Å². The number of benzene rings is 1. The third kappa shape index (κ3) is 3.92. The fraction of sp³-hybridized carbons (Fsp3) is 0.316. The number of nitriles is 1. The highest BCUT2D eigenvalue weighted by molar-refractivity contribution is 6.31. The number of hydrogen-bond donors (Lipinski definition) is 1. The van der Waals surface area contributed by atoms with E-state index in [4.69, 9.17) is 11.6 Å². The lowest BCUT2D eigenvalue weighted by molar-refractivity contribution is 0.381. The van der Waals surface area contributed by atoms with Gasteiger partial charge in [-0.3, -0.25) is 14.4 Å². The van der Waals surface area contributed by atoms with Crippen molar-refractivity contribution in [2.75, 3.05) is 0 Å². The summed E-state index contributed by atoms with van der Waals surface area (Å²) < 4.78 is 1.22. The number of hydrogen-bond acceptors (Lipinski definition) is 4. The molecule has 2 rings (SSSR count). The second kappa shape index (κ2) is 7.54. The van der Waals surface area contributed by atoms with E-state index >= 15 is 0 Å². The second-order valence-corrected chi connectivity index (χ2v) is 6.76. The van der Waals surface area contributed by atoms with Gasteiger partial charge in [-0.2, -0.15) is 5.26 Å². The smallest absolute Gasteiger partial charge is 0.271 e. The van der Waals surface area contributed by atoms with Gasteiger partial charge in [-0.05, 0) is 43.0 Å². The summed E-state index contributed by atoms with van der Waals surface area (Å²) in [6.07, 6.45) is 1.46. The van der Waals surface area contributed by atoms with Crippen molar-refractivity contribution in [2.24, 2.45) is 10.9 Å². The average molecular weight is 358 g/mol. The zero-order valence-electron chi connectivity index (χ0n) is 14.7. The number of pyridine rings is 1. The highest BCUT2D eigenvalue weighted by Crippen LogP contribution is 2.24. The first-order valence-electron chi connectivity index (χ1n) is 7.93. The molecule has 0 aliphatic carbocycles. The minimum Gasteiger partial charge on any atom is -0.494 e. The van der Waals surface area contributed by atoms with Crippen LogP contribution in [0.4, 0.5) is 5.69 Å². The lowest BCUT2D eigenvalue weighted by atomic mass is 10.1. The summed E-state index contributed by atoms with van der Waals surface area (Å²) >= 11 is 6.10. The zero-order valence-corrected chi connectivity index (χ0v) is 15.4. The van der Waals surface area contributed by atoms with Gasteiger partial charge in [0.2, 0.25) is 5.88 Å². The standard InChI is InChI=1S/C19H20ClN3O2/c1-11(2)10-23-18(24)15(8-21)13(4)16(19(23)25)9-22-14-6-5-12(3)17(20)7-14/h5-7,9,11,25H,10H2,1-4H3. The van der Waals surface area contributed by atoms with Crippen LogP contribution in [-0.2, 0) is 6.54 Å². The van der Waals surface area contributed by atoms with Crippen molar-refractivity contribution >= 4 is 23.5 Å². The Kier molecular flexibility index (Phi) is 5.66. The Morgan fingerprint density at radius 1 is 1.40 bits per heavy atom. The molecule has 0 fully saturated rings. The number of aryl methyl sites for hydroxylation is 1. The van der Waals surface area contributed by atoms with Gasteiger partial charge in [-0.25, -0.2) is 0 Å². The first kappa shape index (κ1) is 18.8. The first-order valence-corrected chi connectivity index (χ1v) is 8.30. The van der Waals surface area contributed by atoms with E-state index in [-0.39, 0.29) is 17.4 Å². The van der Waals surface area contributed by atoms with Crippen LogP contribution in [-0.4, -0.2) is 15.9 Å². The van der Waals surface area contributed by atoms with E-state index in [1.54, 1.807) is 19.1 Å². The molecule has 0 aliphatic heterocycles. The monoisotopic (exact) mass is 357 g/mol. The Labute approximate surface area is 151 Å². The molecule has 0 saturated heterocycles. The van der Waals surface area contributed by atoms with Crippen LogP contribution in [0, 0.1) is 31.1 Å². The summed E-state index contributed by atoms with van der Waals surface area (Å²) in [5, 5.41) is 20.4. The van der Waals surface area contributed by atoms with E-state index in [1.165, 1.54) is 10.8 Å². The van der Waals surface area contributed by atoms with Crippen molar-refractivity contribution in [1.82, 2.24) is 4.57 Å². The molecule has 25 heavy (non-hydrogen) atoms. The van der Waals surface area contributed by atoms with Gasteiger partial charge in [-0.1, -0.05) is 31.5 Å². The molecule has 0 bridgehead atoms. The van der Waals surface area contributed by atoms with Crippen molar-refractivity contribution in [3.8, 4) is 11.9 Å². The molecule has 0 spiro atoms. The molecule has 130 valence electrons. The van der Waals surface area contributed by atoms with Gasteiger partial charge in [0.25, 0.3) is 5.56 Å². The van der Waals surface area contributed by atoms with Crippen LogP contribution >= 0.6 is 11.6 Å². The number of aromatic hydroxyl groups is 1. The fourth-order valence-corrected chi connectivity index (χ4v) is 2.64. The molecule has 1 N–H and O–H groups in total. The van der Waals surface area contributed by atoms with Crippen molar-refractivity contribution < 1.29 is 5.11 Å². The fourth-order valence-electron chi connectivity index (χ4n) is 2.46. The molecule has 5 nitrogen and oxygen atoms in total. The number of rotatable bonds is 4. The molecule has 1 heterocycles. The maximum atomic E-state index is 12.4. The normalized spacial score (nSPS) is 11.2. The van der Waals surface area contributed by atoms with Crippen molar-refractivity contribution in [3.63, 3.8) is 0 Å². The maximum Gasteiger partial charge on any atom is 0.271 e. The van der Waals surface area contributed by atoms with Crippen LogP contribution in [0.2, 0.25) is 5.02 Å². The molecule has 0 radical (unpaired) electrons. The van der Waals surface area contributed by atoms with E-state index in [1.807, 2.05) is 32.9 Å². The Morgan fingerprint density at radius 3 is 2.64 bits per heavy atom. The van der Waals surface area contributed by atoms with Crippen LogP contribution in [0.5, 0.6) is 5.88 Å². The largest absolute Gasteiger partial charge is 0.494 e. The third-order valence-electron chi connectivity index (χ3n) is 3.89. The van der Waals surface area contributed by atoms with E-state index in [0.717, 1.165) is 5.56 Å². The molecule has 0 aliphatic rings. The number of aromatic nitrogens is 1. The van der Waals surface area contributed by atoms with Gasteiger partial charge >= 0.3 is 0 Å². The maximum absolute atomic E-state index is 12.4. The van der Waals surface area contributed by atoms with Crippen LogP contribution in [0.1, 0.15) is 36.1 Å². The predicted molar refractivity (Wildman–Crippen MR) is 100 cm³/mol. The van der Waals surface area contributed by atoms with Crippen molar-refractivity contribution in [3.05, 3.63) is 55.8 Å². The van der Waals surface area contributed by atoms with Crippen molar-refractivity contribution in [1.29, 1.82) is 5.26 Å². The SMILES string of the molecule is Cc1ccc(N=Cc2c(C)c(C#N)c(=O)n(CC(C)C)c2O)cc1Cl. The molecule has 1 aromatic heterocycles. The second-order valence-electron chi connectivity index (χ2n) is 6.35. The number of nitrogens with zero attached hydrogens (tertiary/aromatic N) is 3. The average Bonchev–Trinajstić information content (AvgIpc) is 2.55.